The monoisotopic (exact) mass is 268 g/mol. The van der Waals surface area contributed by atoms with Gasteiger partial charge in [0, 0.05) is 12.0 Å². The summed E-state index contributed by atoms with van der Waals surface area (Å²) in [7, 11) is 0. The Labute approximate surface area is 114 Å². The molecule has 2 aliphatic rings. The number of nitrogens with two attached hydrogens (primary N) is 1. The number of primary amides is 1. The highest BCUT2D eigenvalue weighted by Crippen LogP contribution is 2.41. The number of hydrogen-bond donors (Lipinski definition) is 2. The normalized spacial score (nSPS) is 29.3. The maximum absolute atomic E-state index is 12.3. The number of nitrogens with one attached hydrogen (secondary N) is 1. The van der Waals surface area contributed by atoms with Gasteiger partial charge in [0.15, 0.2) is 0 Å². The van der Waals surface area contributed by atoms with Crippen LogP contribution >= 0.6 is 0 Å². The van der Waals surface area contributed by atoms with Crippen molar-refractivity contribution in [2.45, 2.75) is 64.1 Å². The first-order chi connectivity index (χ1) is 9.07. The molecule has 19 heavy (non-hydrogen) atoms. The molecule has 3 N–H and O–H groups in total. The fourth-order valence-electron chi connectivity index (χ4n) is 3.25. The highest BCUT2D eigenvalue weighted by atomic mass is 16.5. The van der Waals surface area contributed by atoms with Crippen LogP contribution in [0.15, 0.2) is 0 Å². The summed E-state index contributed by atoms with van der Waals surface area (Å²) in [6, 6.07) is 0. The molecule has 0 radical (unpaired) electrons. The van der Waals surface area contributed by atoms with Crippen molar-refractivity contribution in [3.05, 3.63) is 0 Å². The molecule has 0 aromatic rings. The fourth-order valence-corrected chi connectivity index (χ4v) is 3.25. The predicted molar refractivity (Wildman–Crippen MR) is 71.3 cm³/mol. The maximum atomic E-state index is 12.3. The quantitative estimate of drug-likeness (QED) is 0.783. The van der Waals surface area contributed by atoms with Gasteiger partial charge in [0.25, 0.3) is 0 Å². The second kappa shape index (κ2) is 5.90. The van der Waals surface area contributed by atoms with E-state index in [9.17, 15) is 9.59 Å². The summed E-state index contributed by atoms with van der Waals surface area (Å²) in [6.07, 6.45) is 6.06. The van der Waals surface area contributed by atoms with Crippen molar-refractivity contribution in [1.82, 2.24) is 5.32 Å². The lowest BCUT2D eigenvalue weighted by Crippen LogP contribution is -2.42. The SMILES string of the molecule is CCC1(C(=O)NC[C@H]2CC[C@@H](C(N)=O)O2)CCCC1. The van der Waals surface area contributed by atoms with E-state index in [2.05, 4.69) is 12.2 Å². The van der Waals surface area contributed by atoms with Gasteiger partial charge in [-0.2, -0.15) is 0 Å². The molecule has 0 aromatic heterocycles. The Kier molecular flexibility index (Phi) is 4.45. The highest BCUT2D eigenvalue weighted by molar-refractivity contribution is 5.83. The third-order valence-electron chi connectivity index (χ3n) is 4.63. The van der Waals surface area contributed by atoms with Crippen LogP contribution in [0, 0.1) is 5.41 Å². The Morgan fingerprint density at radius 2 is 2.00 bits per heavy atom. The van der Waals surface area contributed by atoms with E-state index in [-0.39, 0.29) is 17.4 Å². The van der Waals surface area contributed by atoms with Crippen LogP contribution in [-0.2, 0) is 14.3 Å². The lowest BCUT2D eigenvalue weighted by Gasteiger charge is -2.26. The number of ether oxygens (including phenoxy) is 1. The number of rotatable bonds is 5. The Hall–Kier alpha value is -1.10. The largest absolute Gasteiger partial charge is 0.367 e. The molecule has 1 aliphatic carbocycles. The van der Waals surface area contributed by atoms with E-state index in [0.717, 1.165) is 38.5 Å². The van der Waals surface area contributed by atoms with E-state index in [1.54, 1.807) is 0 Å². The van der Waals surface area contributed by atoms with Crippen molar-refractivity contribution >= 4 is 11.8 Å². The standard InChI is InChI=1S/C14H24N2O3/c1-2-14(7-3-4-8-14)13(18)16-9-10-5-6-11(19-10)12(15)17/h10-11H,2-9H2,1H3,(H2,15,17)(H,16,18)/t10-,11+/m1/s1. The Morgan fingerprint density at radius 3 is 2.53 bits per heavy atom. The zero-order valence-electron chi connectivity index (χ0n) is 11.6. The third-order valence-corrected chi connectivity index (χ3v) is 4.63. The zero-order chi connectivity index (χ0) is 13.9. The van der Waals surface area contributed by atoms with Gasteiger partial charge in [0.2, 0.25) is 11.8 Å². The van der Waals surface area contributed by atoms with Crippen LogP contribution in [0.25, 0.3) is 0 Å². The first kappa shape index (κ1) is 14.3. The van der Waals surface area contributed by atoms with Gasteiger partial charge in [0.1, 0.15) is 6.10 Å². The lowest BCUT2D eigenvalue weighted by molar-refractivity contribution is -0.132. The van der Waals surface area contributed by atoms with Crippen molar-refractivity contribution in [2.75, 3.05) is 6.54 Å². The fraction of sp³-hybridized carbons (Fsp3) is 0.857. The smallest absolute Gasteiger partial charge is 0.246 e. The molecule has 0 unspecified atom stereocenters. The van der Waals surface area contributed by atoms with Crippen LogP contribution in [0.3, 0.4) is 0 Å². The minimum absolute atomic E-state index is 0.0724. The van der Waals surface area contributed by atoms with E-state index in [1.807, 2.05) is 0 Å². The maximum Gasteiger partial charge on any atom is 0.246 e. The van der Waals surface area contributed by atoms with Gasteiger partial charge in [-0.1, -0.05) is 19.8 Å². The first-order valence-electron chi connectivity index (χ1n) is 7.30. The third kappa shape index (κ3) is 3.08. The van der Waals surface area contributed by atoms with Crippen molar-refractivity contribution in [3.63, 3.8) is 0 Å². The summed E-state index contributed by atoms with van der Waals surface area (Å²) >= 11 is 0. The molecule has 0 aromatic carbocycles. The molecule has 2 atom stereocenters. The Morgan fingerprint density at radius 1 is 1.32 bits per heavy atom. The average Bonchev–Trinajstić information content (AvgIpc) is 3.05. The molecular weight excluding hydrogens is 244 g/mol. The lowest BCUT2D eigenvalue weighted by atomic mass is 9.82. The summed E-state index contributed by atoms with van der Waals surface area (Å²) in [5.74, 6) is -0.256. The van der Waals surface area contributed by atoms with Gasteiger partial charge in [-0.25, -0.2) is 0 Å². The van der Waals surface area contributed by atoms with Crippen LogP contribution in [-0.4, -0.2) is 30.6 Å². The highest BCUT2D eigenvalue weighted by Gasteiger charge is 2.39. The van der Waals surface area contributed by atoms with Crippen LogP contribution in [0.1, 0.15) is 51.9 Å². The Bertz CT molecular complexity index is 351. The number of amides is 2. The van der Waals surface area contributed by atoms with Crippen LogP contribution in [0.2, 0.25) is 0 Å². The molecule has 0 spiro atoms. The van der Waals surface area contributed by atoms with E-state index in [4.69, 9.17) is 10.5 Å². The van der Waals surface area contributed by atoms with Crippen LogP contribution < -0.4 is 11.1 Å². The molecule has 1 aliphatic heterocycles. The molecule has 5 heteroatoms. The molecule has 2 fully saturated rings. The summed E-state index contributed by atoms with van der Waals surface area (Å²) in [5.41, 5.74) is 5.04. The second-order valence-electron chi connectivity index (χ2n) is 5.78. The van der Waals surface area contributed by atoms with Gasteiger partial charge in [-0.05, 0) is 32.1 Å². The van der Waals surface area contributed by atoms with Gasteiger partial charge < -0.3 is 15.8 Å². The van der Waals surface area contributed by atoms with Gasteiger partial charge in [-0.15, -0.1) is 0 Å². The minimum Gasteiger partial charge on any atom is -0.367 e. The summed E-state index contributed by atoms with van der Waals surface area (Å²) in [4.78, 5) is 23.3. The Balaban J connectivity index is 1.79. The number of hydrogen-bond acceptors (Lipinski definition) is 3. The first-order valence-corrected chi connectivity index (χ1v) is 7.30. The van der Waals surface area contributed by atoms with Crippen molar-refractivity contribution < 1.29 is 14.3 Å². The molecule has 1 saturated heterocycles. The average molecular weight is 268 g/mol. The molecule has 108 valence electrons. The van der Waals surface area contributed by atoms with E-state index < -0.39 is 12.0 Å². The van der Waals surface area contributed by atoms with E-state index in [1.165, 1.54) is 0 Å². The van der Waals surface area contributed by atoms with Crippen LogP contribution in [0.4, 0.5) is 0 Å². The van der Waals surface area contributed by atoms with Crippen molar-refractivity contribution in [1.29, 1.82) is 0 Å². The minimum atomic E-state index is -0.478. The van der Waals surface area contributed by atoms with Crippen molar-refractivity contribution in [2.24, 2.45) is 11.1 Å². The van der Waals surface area contributed by atoms with Crippen molar-refractivity contribution in [3.8, 4) is 0 Å². The molecule has 0 bridgehead atoms. The summed E-state index contributed by atoms with van der Waals surface area (Å²) < 4.78 is 5.51. The summed E-state index contributed by atoms with van der Waals surface area (Å²) in [5, 5.41) is 3.00. The van der Waals surface area contributed by atoms with E-state index in [0.29, 0.717) is 13.0 Å². The van der Waals surface area contributed by atoms with E-state index >= 15 is 0 Å². The van der Waals surface area contributed by atoms with Gasteiger partial charge >= 0.3 is 0 Å². The van der Waals surface area contributed by atoms with Gasteiger partial charge in [0.05, 0.1) is 6.10 Å². The second-order valence-corrected chi connectivity index (χ2v) is 5.78. The molecule has 5 nitrogen and oxygen atoms in total. The topological polar surface area (TPSA) is 81.4 Å². The predicted octanol–water partition coefficient (Wildman–Crippen LogP) is 1.11. The zero-order valence-corrected chi connectivity index (χ0v) is 11.6. The number of carbonyl (C=O) groups excluding carboxylic acids is 2. The molecule has 2 rings (SSSR count). The summed E-state index contributed by atoms with van der Waals surface area (Å²) in [6.45, 7) is 2.57. The van der Waals surface area contributed by atoms with Crippen LogP contribution in [0.5, 0.6) is 0 Å². The molecule has 2 amide bonds. The number of carbonyl (C=O) groups is 2. The van der Waals surface area contributed by atoms with Gasteiger partial charge in [-0.3, -0.25) is 9.59 Å². The molecular formula is C14H24N2O3. The molecule has 1 saturated carbocycles. The molecule has 1 heterocycles.